The fourth-order valence-corrected chi connectivity index (χ4v) is 3.78. The van der Waals surface area contributed by atoms with Crippen molar-refractivity contribution >= 4 is 51.5 Å². The number of hydrogen-bond acceptors (Lipinski definition) is 4. The SMILES string of the molecule is CCNC(=NCc1ccc(C)cc1SC)NCCS(=O)(=O)C(C)(C)C.I. The number of benzene rings is 1. The minimum atomic E-state index is -3.14. The maximum Gasteiger partial charge on any atom is 0.191 e. The molecule has 26 heavy (non-hydrogen) atoms. The number of nitrogens with zero attached hydrogens (tertiary/aromatic N) is 1. The van der Waals surface area contributed by atoms with Gasteiger partial charge in [0.1, 0.15) is 0 Å². The molecule has 0 aromatic heterocycles. The second-order valence-corrected chi connectivity index (χ2v) is 10.6. The molecule has 8 heteroatoms. The van der Waals surface area contributed by atoms with E-state index in [1.807, 2.05) is 6.92 Å². The summed E-state index contributed by atoms with van der Waals surface area (Å²) in [5, 5.41) is 6.28. The lowest BCUT2D eigenvalue weighted by molar-refractivity contribution is 0.559. The Balaban J connectivity index is 0.00000625. The Morgan fingerprint density at radius 3 is 2.42 bits per heavy atom. The van der Waals surface area contributed by atoms with Gasteiger partial charge in [-0.15, -0.1) is 35.7 Å². The summed E-state index contributed by atoms with van der Waals surface area (Å²) in [5.74, 6) is 0.723. The molecule has 0 saturated heterocycles. The Kier molecular flexibility index (Phi) is 11.2. The Labute approximate surface area is 180 Å². The van der Waals surface area contributed by atoms with E-state index in [4.69, 9.17) is 0 Å². The molecular formula is C18H32IN3O2S2. The van der Waals surface area contributed by atoms with E-state index >= 15 is 0 Å². The summed E-state index contributed by atoms with van der Waals surface area (Å²) in [4.78, 5) is 5.81. The molecule has 1 rings (SSSR count). The van der Waals surface area contributed by atoms with Gasteiger partial charge in [-0.3, -0.25) is 0 Å². The topological polar surface area (TPSA) is 70.6 Å². The minimum absolute atomic E-state index is 0. The number of thioether (sulfide) groups is 1. The van der Waals surface area contributed by atoms with Crippen molar-refractivity contribution in [2.45, 2.75) is 50.8 Å². The minimum Gasteiger partial charge on any atom is -0.357 e. The van der Waals surface area contributed by atoms with E-state index < -0.39 is 14.6 Å². The Bertz CT molecular complexity index is 699. The highest BCUT2D eigenvalue weighted by atomic mass is 127. The highest BCUT2D eigenvalue weighted by Gasteiger charge is 2.28. The molecule has 0 aliphatic heterocycles. The van der Waals surface area contributed by atoms with Crippen molar-refractivity contribution in [3.05, 3.63) is 29.3 Å². The van der Waals surface area contributed by atoms with Gasteiger partial charge >= 0.3 is 0 Å². The molecule has 0 heterocycles. The second-order valence-electron chi connectivity index (χ2n) is 6.87. The van der Waals surface area contributed by atoms with Crippen LogP contribution in [0.15, 0.2) is 28.1 Å². The first-order valence-electron chi connectivity index (χ1n) is 8.48. The summed E-state index contributed by atoms with van der Waals surface area (Å²) >= 11 is 1.71. The third-order valence-electron chi connectivity index (χ3n) is 3.79. The van der Waals surface area contributed by atoms with Gasteiger partial charge in [-0.25, -0.2) is 13.4 Å². The quantitative estimate of drug-likeness (QED) is 0.252. The molecule has 0 radical (unpaired) electrons. The summed E-state index contributed by atoms with van der Waals surface area (Å²) in [7, 11) is -3.14. The smallest absolute Gasteiger partial charge is 0.191 e. The number of hydrogen-bond donors (Lipinski definition) is 2. The van der Waals surface area contributed by atoms with Gasteiger partial charge in [0.05, 0.1) is 17.0 Å². The molecule has 0 bridgehead atoms. The first-order chi connectivity index (χ1) is 11.6. The normalized spacial score (nSPS) is 12.5. The van der Waals surface area contributed by atoms with Gasteiger partial charge in [-0.1, -0.05) is 12.1 Å². The summed E-state index contributed by atoms with van der Waals surface area (Å²) in [6.45, 7) is 10.9. The Hall–Kier alpha value is -0.480. The van der Waals surface area contributed by atoms with Crippen LogP contribution in [0.1, 0.15) is 38.8 Å². The van der Waals surface area contributed by atoms with Gasteiger partial charge < -0.3 is 10.6 Å². The number of sulfone groups is 1. The fourth-order valence-electron chi connectivity index (χ4n) is 2.10. The molecule has 0 fully saturated rings. The highest BCUT2D eigenvalue weighted by molar-refractivity contribution is 14.0. The van der Waals surface area contributed by atoms with Gasteiger partial charge in [0, 0.05) is 18.0 Å². The van der Waals surface area contributed by atoms with E-state index in [0.29, 0.717) is 19.0 Å². The summed E-state index contributed by atoms with van der Waals surface area (Å²) < 4.78 is 23.6. The van der Waals surface area contributed by atoms with Crippen LogP contribution in [0.4, 0.5) is 0 Å². The number of aliphatic imine (C=N–C) groups is 1. The number of guanidine groups is 1. The zero-order valence-electron chi connectivity index (χ0n) is 16.5. The van der Waals surface area contributed by atoms with Gasteiger partial charge in [-0.2, -0.15) is 0 Å². The van der Waals surface area contributed by atoms with Crippen LogP contribution in [0.5, 0.6) is 0 Å². The summed E-state index contributed by atoms with van der Waals surface area (Å²) in [6, 6.07) is 6.34. The molecule has 0 aliphatic carbocycles. The van der Waals surface area contributed by atoms with Crippen LogP contribution < -0.4 is 10.6 Å². The van der Waals surface area contributed by atoms with E-state index in [9.17, 15) is 8.42 Å². The van der Waals surface area contributed by atoms with Crippen molar-refractivity contribution in [3.63, 3.8) is 0 Å². The molecule has 5 nitrogen and oxygen atoms in total. The Morgan fingerprint density at radius 1 is 1.23 bits per heavy atom. The predicted molar refractivity (Wildman–Crippen MR) is 125 cm³/mol. The largest absolute Gasteiger partial charge is 0.357 e. The van der Waals surface area contributed by atoms with Gasteiger partial charge in [0.2, 0.25) is 0 Å². The van der Waals surface area contributed by atoms with Crippen molar-refractivity contribution in [1.29, 1.82) is 0 Å². The van der Waals surface area contributed by atoms with Crippen molar-refractivity contribution in [2.75, 3.05) is 25.1 Å². The van der Waals surface area contributed by atoms with Crippen LogP contribution in [0.3, 0.4) is 0 Å². The lowest BCUT2D eigenvalue weighted by atomic mass is 10.1. The molecule has 0 unspecified atom stereocenters. The Morgan fingerprint density at radius 2 is 1.88 bits per heavy atom. The van der Waals surface area contributed by atoms with Crippen LogP contribution >= 0.6 is 35.7 Å². The van der Waals surface area contributed by atoms with E-state index in [1.165, 1.54) is 10.5 Å². The van der Waals surface area contributed by atoms with Crippen molar-refractivity contribution < 1.29 is 8.42 Å². The van der Waals surface area contributed by atoms with Gasteiger partial charge in [0.15, 0.2) is 15.8 Å². The van der Waals surface area contributed by atoms with E-state index in [2.05, 4.69) is 47.0 Å². The van der Waals surface area contributed by atoms with E-state index in [1.54, 1.807) is 32.5 Å². The number of nitrogens with one attached hydrogen (secondary N) is 2. The first-order valence-corrected chi connectivity index (χ1v) is 11.4. The fraction of sp³-hybridized carbons (Fsp3) is 0.611. The molecule has 2 N–H and O–H groups in total. The van der Waals surface area contributed by atoms with Crippen LogP contribution in [0.2, 0.25) is 0 Å². The second kappa shape index (κ2) is 11.4. The zero-order chi connectivity index (χ0) is 19.1. The molecule has 150 valence electrons. The zero-order valence-corrected chi connectivity index (χ0v) is 20.5. The molecule has 0 atom stereocenters. The molecule has 0 spiro atoms. The average Bonchev–Trinajstić information content (AvgIpc) is 2.52. The average molecular weight is 514 g/mol. The van der Waals surface area contributed by atoms with Gasteiger partial charge in [0.25, 0.3) is 0 Å². The maximum absolute atomic E-state index is 12.2. The first kappa shape index (κ1) is 25.5. The van der Waals surface area contributed by atoms with Crippen LogP contribution in [0.25, 0.3) is 0 Å². The van der Waals surface area contributed by atoms with Gasteiger partial charge in [-0.05, 0) is 58.1 Å². The van der Waals surface area contributed by atoms with Crippen LogP contribution in [-0.4, -0.2) is 44.2 Å². The third-order valence-corrected chi connectivity index (χ3v) is 7.22. The number of rotatable bonds is 7. The van der Waals surface area contributed by atoms with E-state index in [0.717, 1.165) is 12.1 Å². The predicted octanol–water partition coefficient (Wildman–Crippen LogP) is 3.60. The lowest BCUT2D eigenvalue weighted by Gasteiger charge is -2.19. The number of aryl methyl sites for hydroxylation is 1. The van der Waals surface area contributed by atoms with Crippen LogP contribution in [-0.2, 0) is 16.4 Å². The molecule has 0 amide bonds. The van der Waals surface area contributed by atoms with Crippen LogP contribution in [0, 0.1) is 6.92 Å². The summed E-state index contributed by atoms with van der Waals surface area (Å²) in [6.07, 6.45) is 2.06. The number of halogens is 1. The highest BCUT2D eigenvalue weighted by Crippen LogP contribution is 2.22. The third kappa shape index (κ3) is 8.04. The molecule has 0 saturated carbocycles. The van der Waals surface area contributed by atoms with E-state index in [-0.39, 0.29) is 29.7 Å². The van der Waals surface area contributed by atoms with Crippen molar-refractivity contribution in [3.8, 4) is 0 Å². The molecule has 0 aliphatic rings. The van der Waals surface area contributed by atoms with Crippen molar-refractivity contribution in [1.82, 2.24) is 10.6 Å². The molecular weight excluding hydrogens is 481 g/mol. The molecule has 1 aromatic carbocycles. The van der Waals surface area contributed by atoms with Crippen molar-refractivity contribution in [2.24, 2.45) is 4.99 Å². The maximum atomic E-state index is 12.2. The standard InChI is InChI=1S/C18H31N3O2S2.HI/c1-7-19-17(20-10-11-25(22,23)18(3,4)5)21-13-15-9-8-14(2)12-16(15)24-6;/h8-9,12H,7,10-11,13H2,1-6H3,(H2,19,20,21);1H. The monoisotopic (exact) mass is 513 g/mol. The molecule has 1 aromatic rings. The summed E-state index contributed by atoms with van der Waals surface area (Å²) in [5.41, 5.74) is 2.40. The lowest BCUT2D eigenvalue weighted by Crippen LogP contribution is -2.41.